The van der Waals surface area contributed by atoms with Gasteiger partial charge in [0.1, 0.15) is 5.58 Å². The van der Waals surface area contributed by atoms with Gasteiger partial charge in [0.15, 0.2) is 23.1 Å². The molecule has 0 spiro atoms. The van der Waals surface area contributed by atoms with E-state index in [1.807, 2.05) is 12.1 Å². The molecule has 0 saturated heterocycles. The molecule has 0 N–H and O–H groups in total. The highest BCUT2D eigenvalue weighted by Gasteiger charge is 2.23. The number of hydrogen-bond donors (Lipinski definition) is 0. The fourth-order valence-electron chi connectivity index (χ4n) is 9.25. The molecule has 60 heavy (non-hydrogen) atoms. The van der Waals surface area contributed by atoms with Gasteiger partial charge in [0.25, 0.3) is 0 Å². The Labute approximate surface area is 343 Å². The van der Waals surface area contributed by atoms with Crippen LogP contribution >= 0.6 is 0 Å². The molecule has 0 radical (unpaired) electrons. The van der Waals surface area contributed by atoms with Crippen molar-refractivity contribution in [1.29, 1.82) is 0 Å². The van der Waals surface area contributed by atoms with Crippen molar-refractivity contribution < 1.29 is 4.42 Å². The molecular formula is C55H32N4O. The zero-order valence-electron chi connectivity index (χ0n) is 32.2. The van der Waals surface area contributed by atoms with E-state index in [2.05, 4.69) is 187 Å². The minimum atomic E-state index is 0.584. The summed E-state index contributed by atoms with van der Waals surface area (Å²) >= 11 is 0. The Morgan fingerprint density at radius 2 is 0.867 bits per heavy atom. The largest absolute Gasteiger partial charge is 0.454 e. The van der Waals surface area contributed by atoms with Gasteiger partial charge in [-0.05, 0) is 91.6 Å². The third-order valence-corrected chi connectivity index (χ3v) is 12.1. The summed E-state index contributed by atoms with van der Waals surface area (Å²) in [5.74, 6) is 1.82. The first-order chi connectivity index (χ1) is 29.7. The van der Waals surface area contributed by atoms with Crippen molar-refractivity contribution in [1.82, 2.24) is 19.5 Å². The SMILES string of the molecule is c1ccc2cc(-c3nc(-c4cc(-n5c6cc7ccccc7cc6c6cc7ccccc7cc65)c5oc6ccccc6c5c4)nc(-c4cccc5ccccc45)n3)ccc2c1. The molecule has 0 fully saturated rings. The average molecular weight is 765 g/mol. The van der Waals surface area contributed by atoms with Crippen LogP contribution < -0.4 is 0 Å². The molecule has 0 aliphatic heterocycles. The number of furan rings is 1. The topological polar surface area (TPSA) is 56.7 Å². The van der Waals surface area contributed by atoms with Crippen LogP contribution in [-0.4, -0.2) is 19.5 Å². The quantitative estimate of drug-likeness (QED) is 0.179. The molecule has 5 heteroatoms. The lowest BCUT2D eigenvalue weighted by Crippen LogP contribution is -2.02. The number of benzene rings is 10. The lowest BCUT2D eigenvalue weighted by atomic mass is 10.0. The predicted molar refractivity (Wildman–Crippen MR) is 248 cm³/mol. The monoisotopic (exact) mass is 764 g/mol. The van der Waals surface area contributed by atoms with Crippen LogP contribution in [0.2, 0.25) is 0 Å². The third-order valence-electron chi connectivity index (χ3n) is 12.1. The molecule has 5 nitrogen and oxygen atoms in total. The van der Waals surface area contributed by atoms with E-state index in [4.69, 9.17) is 19.4 Å². The van der Waals surface area contributed by atoms with E-state index in [9.17, 15) is 0 Å². The molecule has 0 aliphatic carbocycles. The van der Waals surface area contributed by atoms with Crippen LogP contribution in [0.15, 0.2) is 199 Å². The van der Waals surface area contributed by atoms with Crippen LogP contribution in [0.5, 0.6) is 0 Å². The first-order valence-electron chi connectivity index (χ1n) is 20.3. The summed E-state index contributed by atoms with van der Waals surface area (Å²) in [5, 5.41) is 13.6. The zero-order chi connectivity index (χ0) is 39.3. The van der Waals surface area contributed by atoms with E-state index in [0.717, 1.165) is 71.5 Å². The second-order valence-electron chi connectivity index (χ2n) is 15.6. The number of aromatic nitrogens is 4. The number of para-hydroxylation sites is 1. The van der Waals surface area contributed by atoms with Crippen molar-refractivity contribution in [3.63, 3.8) is 0 Å². The molecule has 3 heterocycles. The van der Waals surface area contributed by atoms with Crippen LogP contribution in [0.1, 0.15) is 0 Å². The van der Waals surface area contributed by atoms with Crippen molar-refractivity contribution >= 4 is 86.8 Å². The predicted octanol–water partition coefficient (Wildman–Crippen LogP) is 14.5. The first-order valence-corrected chi connectivity index (χ1v) is 20.3. The highest BCUT2D eigenvalue weighted by Crippen LogP contribution is 2.43. The fraction of sp³-hybridized carbons (Fsp3) is 0. The standard InChI is InChI=1S/C55H32N4O/c1-2-14-35-26-40(25-24-33(35)12-1)53-56-54(58-55(57-53)44-22-11-19-34-13-7-8-20-42(34)44)41-29-47-43-21-9-10-23-51(43)60-52(47)50(32-41)59-48-30-38-17-5-3-15-36(38)27-45(48)46-28-37-16-4-6-18-39(37)31-49(46)59/h1-32H. The van der Waals surface area contributed by atoms with Crippen molar-refractivity contribution in [3.05, 3.63) is 194 Å². The van der Waals surface area contributed by atoms with Crippen LogP contribution in [0.25, 0.3) is 127 Å². The van der Waals surface area contributed by atoms with Gasteiger partial charge in [0.05, 0.1) is 16.7 Å². The maximum absolute atomic E-state index is 6.87. The number of rotatable bonds is 4. The maximum Gasteiger partial charge on any atom is 0.164 e. The summed E-state index contributed by atoms with van der Waals surface area (Å²) in [6, 6.07) is 68.7. The Bertz CT molecular complexity index is 3820. The second kappa shape index (κ2) is 12.7. The van der Waals surface area contributed by atoms with E-state index in [1.165, 1.54) is 37.7 Å². The summed E-state index contributed by atoms with van der Waals surface area (Å²) in [6.07, 6.45) is 0. The molecule has 3 aromatic heterocycles. The molecule has 0 amide bonds. The lowest BCUT2D eigenvalue weighted by molar-refractivity contribution is 0.666. The van der Waals surface area contributed by atoms with Crippen LogP contribution in [0.3, 0.4) is 0 Å². The van der Waals surface area contributed by atoms with Crippen LogP contribution in [0.4, 0.5) is 0 Å². The minimum absolute atomic E-state index is 0.584. The van der Waals surface area contributed by atoms with Gasteiger partial charge in [-0.1, -0.05) is 146 Å². The fourth-order valence-corrected chi connectivity index (χ4v) is 9.25. The van der Waals surface area contributed by atoms with E-state index in [-0.39, 0.29) is 0 Å². The second-order valence-corrected chi connectivity index (χ2v) is 15.6. The molecule has 0 bridgehead atoms. The van der Waals surface area contributed by atoms with Gasteiger partial charge < -0.3 is 8.98 Å². The van der Waals surface area contributed by atoms with Gasteiger partial charge in [-0.2, -0.15) is 0 Å². The summed E-state index contributed by atoms with van der Waals surface area (Å²) < 4.78 is 9.26. The Morgan fingerprint density at radius 1 is 0.333 bits per heavy atom. The first kappa shape index (κ1) is 32.9. The molecule has 0 unspecified atom stereocenters. The smallest absolute Gasteiger partial charge is 0.164 e. The minimum Gasteiger partial charge on any atom is -0.454 e. The number of fused-ring (bicyclic) bond motifs is 10. The highest BCUT2D eigenvalue weighted by molar-refractivity contribution is 6.18. The third kappa shape index (κ3) is 5.03. The van der Waals surface area contributed by atoms with Crippen LogP contribution in [0, 0.1) is 0 Å². The van der Waals surface area contributed by atoms with Gasteiger partial charge in [-0.3, -0.25) is 0 Å². The Hall–Kier alpha value is -8.15. The van der Waals surface area contributed by atoms with Gasteiger partial charge in [-0.15, -0.1) is 0 Å². The molecule has 13 aromatic rings. The van der Waals surface area contributed by atoms with Gasteiger partial charge >= 0.3 is 0 Å². The molecule has 0 atom stereocenters. The normalized spacial score (nSPS) is 12.0. The highest BCUT2D eigenvalue weighted by atomic mass is 16.3. The van der Waals surface area contributed by atoms with Crippen molar-refractivity contribution in [2.24, 2.45) is 0 Å². The van der Waals surface area contributed by atoms with E-state index >= 15 is 0 Å². The summed E-state index contributed by atoms with van der Waals surface area (Å²) in [7, 11) is 0. The molecule has 0 aliphatic rings. The Morgan fingerprint density at radius 3 is 1.57 bits per heavy atom. The number of nitrogens with zero attached hydrogens (tertiary/aromatic N) is 4. The average Bonchev–Trinajstić information content (AvgIpc) is 3.84. The zero-order valence-corrected chi connectivity index (χ0v) is 32.2. The molecule has 13 rings (SSSR count). The van der Waals surface area contributed by atoms with E-state index < -0.39 is 0 Å². The Balaban J connectivity index is 1.15. The summed E-state index contributed by atoms with van der Waals surface area (Å²) in [5.41, 5.74) is 7.49. The molecular weight excluding hydrogens is 733 g/mol. The Kier molecular flexibility index (Phi) is 6.95. The number of hydrogen-bond acceptors (Lipinski definition) is 4. The lowest BCUT2D eigenvalue weighted by Gasteiger charge is -2.14. The summed E-state index contributed by atoms with van der Waals surface area (Å²) in [6.45, 7) is 0. The van der Waals surface area contributed by atoms with Crippen LogP contribution in [-0.2, 0) is 0 Å². The molecule has 10 aromatic carbocycles. The van der Waals surface area contributed by atoms with E-state index in [1.54, 1.807) is 0 Å². The summed E-state index contributed by atoms with van der Waals surface area (Å²) in [4.78, 5) is 15.9. The van der Waals surface area contributed by atoms with Gasteiger partial charge in [0.2, 0.25) is 0 Å². The van der Waals surface area contributed by atoms with Gasteiger partial charge in [0, 0.05) is 38.2 Å². The van der Waals surface area contributed by atoms with Gasteiger partial charge in [-0.25, -0.2) is 15.0 Å². The molecule has 278 valence electrons. The van der Waals surface area contributed by atoms with E-state index in [0.29, 0.717) is 17.5 Å². The molecule has 0 saturated carbocycles. The van der Waals surface area contributed by atoms with Crippen molar-refractivity contribution in [3.8, 4) is 39.9 Å². The van der Waals surface area contributed by atoms with Crippen molar-refractivity contribution in [2.45, 2.75) is 0 Å². The maximum atomic E-state index is 6.87. The van der Waals surface area contributed by atoms with Crippen molar-refractivity contribution in [2.75, 3.05) is 0 Å².